The number of benzene rings is 2. The first-order chi connectivity index (χ1) is 12.1. The average molecular weight is 370 g/mol. The fourth-order valence-electron chi connectivity index (χ4n) is 2.69. The van der Waals surface area contributed by atoms with Crippen molar-refractivity contribution in [3.05, 3.63) is 92.6 Å². The molecule has 128 valence electrons. The molecule has 0 fully saturated rings. The second-order valence-electron chi connectivity index (χ2n) is 6.11. The van der Waals surface area contributed by atoms with Gasteiger partial charge in [-0.15, -0.1) is 11.3 Å². The third kappa shape index (κ3) is 5.02. The Hall–Kier alpha value is -1.94. The van der Waals surface area contributed by atoms with Gasteiger partial charge in [0.15, 0.2) is 5.78 Å². The second kappa shape index (κ2) is 8.43. The van der Waals surface area contributed by atoms with Crippen molar-refractivity contribution in [1.82, 2.24) is 4.90 Å². The summed E-state index contributed by atoms with van der Waals surface area (Å²) in [6.07, 6.45) is 0. The zero-order chi connectivity index (χ0) is 17.6. The van der Waals surface area contributed by atoms with Gasteiger partial charge in [0.05, 0.1) is 6.54 Å². The minimum atomic E-state index is 0.128. The van der Waals surface area contributed by atoms with E-state index >= 15 is 0 Å². The molecular formula is C21H20ClNOS. The zero-order valence-electron chi connectivity index (χ0n) is 14.1. The van der Waals surface area contributed by atoms with Gasteiger partial charge in [-0.1, -0.05) is 65.7 Å². The van der Waals surface area contributed by atoms with E-state index in [1.807, 2.05) is 61.5 Å². The maximum Gasteiger partial charge on any atom is 0.176 e. The van der Waals surface area contributed by atoms with Crippen LogP contribution in [0.25, 0.3) is 0 Å². The SMILES string of the molecule is Cc1ccc(C(=O)CN(Cc2cccs2)Cc2ccccc2Cl)cc1. The van der Waals surface area contributed by atoms with Crippen molar-refractivity contribution in [1.29, 1.82) is 0 Å². The van der Waals surface area contributed by atoms with Gasteiger partial charge in [-0.05, 0) is 30.0 Å². The van der Waals surface area contributed by atoms with Gasteiger partial charge in [0.25, 0.3) is 0 Å². The van der Waals surface area contributed by atoms with Crippen LogP contribution in [0.4, 0.5) is 0 Å². The van der Waals surface area contributed by atoms with Crippen LogP contribution in [0, 0.1) is 6.92 Å². The normalized spacial score (nSPS) is 11.0. The van der Waals surface area contributed by atoms with Crippen molar-refractivity contribution in [2.75, 3.05) is 6.54 Å². The summed E-state index contributed by atoms with van der Waals surface area (Å²) in [5.41, 5.74) is 2.95. The van der Waals surface area contributed by atoms with E-state index in [4.69, 9.17) is 11.6 Å². The first-order valence-corrected chi connectivity index (χ1v) is 9.45. The van der Waals surface area contributed by atoms with Crippen LogP contribution < -0.4 is 0 Å². The van der Waals surface area contributed by atoms with Crippen molar-refractivity contribution in [2.45, 2.75) is 20.0 Å². The van der Waals surface area contributed by atoms with Crippen molar-refractivity contribution < 1.29 is 4.79 Å². The van der Waals surface area contributed by atoms with E-state index < -0.39 is 0 Å². The number of thiophene rings is 1. The molecular weight excluding hydrogens is 350 g/mol. The molecule has 0 radical (unpaired) electrons. The number of halogens is 1. The quantitative estimate of drug-likeness (QED) is 0.505. The van der Waals surface area contributed by atoms with Crippen LogP contribution in [0.15, 0.2) is 66.0 Å². The van der Waals surface area contributed by atoms with E-state index in [2.05, 4.69) is 16.3 Å². The van der Waals surface area contributed by atoms with Crippen molar-refractivity contribution in [2.24, 2.45) is 0 Å². The van der Waals surface area contributed by atoms with Crippen molar-refractivity contribution in [3.8, 4) is 0 Å². The van der Waals surface area contributed by atoms with E-state index in [1.165, 1.54) is 4.88 Å². The monoisotopic (exact) mass is 369 g/mol. The lowest BCUT2D eigenvalue weighted by Gasteiger charge is -2.21. The number of ketones is 1. The fraction of sp³-hybridized carbons (Fsp3) is 0.190. The lowest BCUT2D eigenvalue weighted by molar-refractivity contribution is 0.0921. The van der Waals surface area contributed by atoms with E-state index in [-0.39, 0.29) is 5.78 Å². The first-order valence-electron chi connectivity index (χ1n) is 8.20. The summed E-state index contributed by atoms with van der Waals surface area (Å²) in [6, 6.07) is 19.7. The summed E-state index contributed by atoms with van der Waals surface area (Å²) < 4.78 is 0. The highest BCUT2D eigenvalue weighted by Crippen LogP contribution is 2.20. The van der Waals surface area contributed by atoms with E-state index in [1.54, 1.807) is 11.3 Å². The van der Waals surface area contributed by atoms with E-state index in [0.717, 1.165) is 28.3 Å². The van der Waals surface area contributed by atoms with Gasteiger partial charge in [-0.25, -0.2) is 0 Å². The van der Waals surface area contributed by atoms with E-state index in [9.17, 15) is 4.79 Å². The Bertz CT molecular complexity index is 827. The zero-order valence-corrected chi connectivity index (χ0v) is 15.7. The molecule has 0 aliphatic heterocycles. The number of carbonyl (C=O) groups excluding carboxylic acids is 1. The van der Waals surface area contributed by atoms with E-state index in [0.29, 0.717) is 13.1 Å². The highest BCUT2D eigenvalue weighted by atomic mass is 35.5. The molecule has 1 heterocycles. The molecule has 0 saturated carbocycles. The Morgan fingerprint density at radius 1 is 1.00 bits per heavy atom. The van der Waals surface area contributed by atoms with Gasteiger partial charge >= 0.3 is 0 Å². The largest absolute Gasteiger partial charge is 0.293 e. The topological polar surface area (TPSA) is 20.3 Å². The standard InChI is InChI=1S/C21H20ClNOS/c1-16-8-10-17(11-9-16)21(24)15-23(14-19-6-4-12-25-19)13-18-5-2-3-7-20(18)22/h2-12H,13-15H2,1H3. The van der Waals surface area contributed by atoms with Crippen molar-refractivity contribution in [3.63, 3.8) is 0 Å². The minimum absolute atomic E-state index is 0.128. The van der Waals surface area contributed by atoms with Crippen LogP contribution in [0.3, 0.4) is 0 Å². The van der Waals surface area contributed by atoms with Crippen LogP contribution >= 0.6 is 22.9 Å². The smallest absolute Gasteiger partial charge is 0.176 e. The van der Waals surface area contributed by atoms with Gasteiger partial charge in [0, 0.05) is 28.6 Å². The highest BCUT2D eigenvalue weighted by Gasteiger charge is 2.15. The third-order valence-corrected chi connectivity index (χ3v) is 5.28. The summed E-state index contributed by atoms with van der Waals surface area (Å²) in [7, 11) is 0. The van der Waals surface area contributed by atoms with Gasteiger partial charge in [0.2, 0.25) is 0 Å². The molecule has 4 heteroatoms. The Labute approximate surface area is 157 Å². The number of aryl methyl sites for hydroxylation is 1. The third-order valence-electron chi connectivity index (χ3n) is 4.05. The minimum Gasteiger partial charge on any atom is -0.293 e. The first kappa shape index (κ1) is 17.9. The van der Waals surface area contributed by atoms with Crippen LogP contribution in [-0.2, 0) is 13.1 Å². The van der Waals surface area contributed by atoms with Gasteiger partial charge in [-0.3, -0.25) is 9.69 Å². The van der Waals surface area contributed by atoms with Crippen LogP contribution in [-0.4, -0.2) is 17.2 Å². The molecule has 1 aromatic heterocycles. The van der Waals surface area contributed by atoms with Gasteiger partial charge in [-0.2, -0.15) is 0 Å². The molecule has 0 aliphatic rings. The Morgan fingerprint density at radius 2 is 1.76 bits per heavy atom. The second-order valence-corrected chi connectivity index (χ2v) is 7.54. The summed E-state index contributed by atoms with van der Waals surface area (Å²) in [5, 5.41) is 2.80. The van der Waals surface area contributed by atoms with Crippen LogP contribution in [0.5, 0.6) is 0 Å². The number of hydrogen-bond acceptors (Lipinski definition) is 3. The number of nitrogens with zero attached hydrogens (tertiary/aromatic N) is 1. The average Bonchev–Trinajstić information content (AvgIpc) is 3.10. The summed E-state index contributed by atoms with van der Waals surface area (Å²) in [4.78, 5) is 16.1. The lowest BCUT2D eigenvalue weighted by Crippen LogP contribution is -2.29. The molecule has 3 rings (SSSR count). The predicted molar refractivity (Wildman–Crippen MR) is 105 cm³/mol. The molecule has 25 heavy (non-hydrogen) atoms. The molecule has 0 bridgehead atoms. The number of carbonyl (C=O) groups is 1. The number of rotatable bonds is 7. The lowest BCUT2D eigenvalue weighted by atomic mass is 10.1. The Morgan fingerprint density at radius 3 is 2.44 bits per heavy atom. The molecule has 0 N–H and O–H groups in total. The molecule has 0 unspecified atom stereocenters. The Kier molecular flexibility index (Phi) is 6.03. The molecule has 0 amide bonds. The van der Waals surface area contributed by atoms with Crippen LogP contribution in [0.2, 0.25) is 5.02 Å². The van der Waals surface area contributed by atoms with Crippen molar-refractivity contribution >= 4 is 28.7 Å². The number of hydrogen-bond donors (Lipinski definition) is 0. The molecule has 0 aliphatic carbocycles. The maximum absolute atomic E-state index is 12.7. The molecule has 0 spiro atoms. The highest BCUT2D eigenvalue weighted by molar-refractivity contribution is 7.09. The predicted octanol–water partition coefficient (Wildman–Crippen LogP) is 5.60. The summed E-state index contributed by atoms with van der Waals surface area (Å²) in [6.45, 7) is 3.77. The molecule has 2 aromatic carbocycles. The van der Waals surface area contributed by atoms with Gasteiger partial charge in [0.1, 0.15) is 0 Å². The maximum atomic E-state index is 12.7. The molecule has 2 nitrogen and oxygen atoms in total. The van der Waals surface area contributed by atoms with Gasteiger partial charge < -0.3 is 0 Å². The van der Waals surface area contributed by atoms with Crippen LogP contribution in [0.1, 0.15) is 26.4 Å². The molecule has 0 saturated heterocycles. The number of Topliss-reactive ketones (excluding diaryl/α,β-unsaturated/α-hetero) is 1. The molecule has 0 atom stereocenters. The summed E-state index contributed by atoms with van der Waals surface area (Å²) in [5.74, 6) is 0.128. The summed E-state index contributed by atoms with van der Waals surface area (Å²) >= 11 is 8.02. The fourth-order valence-corrected chi connectivity index (χ4v) is 3.63. The molecule has 3 aromatic rings. The Balaban J connectivity index is 1.77.